The minimum Gasteiger partial charge on any atom is -0.481 e. The van der Waals surface area contributed by atoms with Gasteiger partial charge in [-0.15, -0.1) is 0 Å². The Morgan fingerprint density at radius 1 is 0.943 bits per heavy atom. The third kappa shape index (κ3) is 2.79. The molecule has 0 amide bonds. The Bertz CT molecular complexity index is 943. The molecule has 0 aromatic rings. The fourth-order valence-corrected chi connectivity index (χ4v) is 11.2. The van der Waals surface area contributed by atoms with Gasteiger partial charge >= 0.3 is 5.97 Å². The highest BCUT2D eigenvalue weighted by molar-refractivity contribution is 5.76. The molecule has 0 aromatic carbocycles. The Balaban J connectivity index is 1.67. The van der Waals surface area contributed by atoms with Crippen molar-refractivity contribution in [3.05, 3.63) is 12.2 Å². The Hall–Kier alpha value is -0.910. The largest absolute Gasteiger partial charge is 0.481 e. The number of aliphatic hydroxyl groups is 3. The molecule has 4 N–H and O–H groups in total. The summed E-state index contributed by atoms with van der Waals surface area (Å²) < 4.78 is 0. The van der Waals surface area contributed by atoms with Crippen LogP contribution in [0, 0.1) is 56.7 Å². The highest BCUT2D eigenvalue weighted by Crippen LogP contribution is 2.76. The van der Waals surface area contributed by atoms with Crippen molar-refractivity contribution in [2.45, 2.75) is 111 Å². The second kappa shape index (κ2) is 7.35. The summed E-state index contributed by atoms with van der Waals surface area (Å²) in [5, 5.41) is 45.2. The first kappa shape index (κ1) is 25.7. The third-order valence-electron chi connectivity index (χ3n) is 13.5. The molecule has 5 heteroatoms. The van der Waals surface area contributed by atoms with E-state index in [4.69, 9.17) is 0 Å². The second-order valence-corrected chi connectivity index (χ2v) is 14.9. The molecular formula is C30H48O5. The van der Waals surface area contributed by atoms with Crippen molar-refractivity contribution >= 4 is 5.97 Å². The molecule has 4 saturated carbocycles. The van der Waals surface area contributed by atoms with Gasteiger partial charge in [-0.3, -0.25) is 4.79 Å². The monoisotopic (exact) mass is 488 g/mol. The topological polar surface area (TPSA) is 98.0 Å². The number of hydrogen-bond acceptors (Lipinski definition) is 4. The number of aliphatic hydroxyl groups excluding tert-OH is 2. The molecule has 2 unspecified atom stereocenters. The van der Waals surface area contributed by atoms with Gasteiger partial charge < -0.3 is 20.4 Å². The van der Waals surface area contributed by atoms with Gasteiger partial charge in [0.2, 0.25) is 0 Å². The summed E-state index contributed by atoms with van der Waals surface area (Å²) in [6, 6.07) is 0. The van der Waals surface area contributed by atoms with Gasteiger partial charge in [-0.1, -0.05) is 60.6 Å². The lowest BCUT2D eigenvalue weighted by atomic mass is 9.31. The summed E-state index contributed by atoms with van der Waals surface area (Å²) in [5.41, 5.74) is -3.35. The van der Waals surface area contributed by atoms with Crippen LogP contribution >= 0.6 is 0 Å². The molecule has 198 valence electrons. The molecule has 0 aliphatic heterocycles. The van der Waals surface area contributed by atoms with E-state index < -0.39 is 40.0 Å². The fourth-order valence-electron chi connectivity index (χ4n) is 11.2. The standard InChI is InChI=1S/C30H48O5/c1-17-8-12-29(24(33)34)15-14-28(7)27(6)11-9-20-25(3,4)23(32)19(31)16-26(20,5)21(27)10-13-30(28,35)22(29)18(17)2/h10,13,17-23,31-32,35H,8-9,11-12,14-16H2,1-7H3,(H,33,34)/t17-,18?,19-,20+,21-,22?,23+,26+,27-,28+,29+,30+/m1/s1. The molecule has 0 spiro atoms. The molecule has 5 rings (SSSR count). The van der Waals surface area contributed by atoms with Gasteiger partial charge in [0.1, 0.15) is 0 Å². The molecule has 0 radical (unpaired) electrons. The number of aliphatic carboxylic acids is 1. The van der Waals surface area contributed by atoms with Crippen LogP contribution in [0.15, 0.2) is 12.2 Å². The van der Waals surface area contributed by atoms with Crippen molar-refractivity contribution in [3.63, 3.8) is 0 Å². The van der Waals surface area contributed by atoms with Crippen LogP contribution in [0.5, 0.6) is 0 Å². The molecule has 4 fully saturated rings. The molecule has 35 heavy (non-hydrogen) atoms. The van der Waals surface area contributed by atoms with Gasteiger partial charge in [0, 0.05) is 11.3 Å². The Kier molecular flexibility index (Phi) is 5.40. The van der Waals surface area contributed by atoms with E-state index in [2.05, 4.69) is 54.5 Å². The van der Waals surface area contributed by atoms with E-state index in [1.807, 2.05) is 6.08 Å². The Labute approximate surface area is 211 Å². The SMILES string of the molecule is CC1C2[C@](C(=O)O)(CC[C@H]1C)CC[C@]1(C)[C@]2(O)C=C[C@@H]2[C@@]3(C)C[C@@H](O)[C@H](O)C(C)(C)[C@@H]3CC[C@]21C. The van der Waals surface area contributed by atoms with Crippen molar-refractivity contribution in [1.82, 2.24) is 0 Å². The molecule has 0 saturated heterocycles. The van der Waals surface area contributed by atoms with Crippen LogP contribution in [0.1, 0.15) is 93.4 Å². The number of carbonyl (C=O) groups is 1. The van der Waals surface area contributed by atoms with Crippen LogP contribution < -0.4 is 0 Å². The van der Waals surface area contributed by atoms with Crippen LogP contribution in [-0.2, 0) is 4.79 Å². The summed E-state index contributed by atoms with van der Waals surface area (Å²) in [7, 11) is 0. The highest BCUT2D eigenvalue weighted by Gasteiger charge is 2.75. The van der Waals surface area contributed by atoms with Gasteiger partial charge in [0.05, 0.1) is 23.2 Å². The summed E-state index contributed by atoms with van der Waals surface area (Å²) in [5.74, 6) is -0.145. The lowest BCUT2D eigenvalue weighted by molar-refractivity contribution is -0.283. The van der Waals surface area contributed by atoms with Gasteiger partial charge in [0.15, 0.2) is 0 Å². The maximum absolute atomic E-state index is 12.8. The van der Waals surface area contributed by atoms with Gasteiger partial charge in [-0.2, -0.15) is 0 Å². The fraction of sp³-hybridized carbons (Fsp3) is 0.900. The van der Waals surface area contributed by atoms with E-state index in [9.17, 15) is 25.2 Å². The van der Waals surface area contributed by atoms with Gasteiger partial charge in [0.25, 0.3) is 0 Å². The molecule has 0 bridgehead atoms. The quantitative estimate of drug-likeness (QED) is 0.388. The van der Waals surface area contributed by atoms with E-state index >= 15 is 0 Å². The molecule has 5 nitrogen and oxygen atoms in total. The lowest BCUT2D eigenvalue weighted by Crippen LogP contribution is -2.74. The van der Waals surface area contributed by atoms with Crippen molar-refractivity contribution in [3.8, 4) is 0 Å². The minimum atomic E-state index is -1.19. The number of fused-ring (bicyclic) bond motifs is 7. The summed E-state index contributed by atoms with van der Waals surface area (Å²) in [4.78, 5) is 12.8. The molecule has 5 aliphatic carbocycles. The molecule has 0 heterocycles. The highest BCUT2D eigenvalue weighted by atomic mass is 16.4. The second-order valence-electron chi connectivity index (χ2n) is 14.9. The number of rotatable bonds is 1. The third-order valence-corrected chi connectivity index (χ3v) is 13.5. The average Bonchev–Trinajstić information content (AvgIpc) is 2.76. The van der Waals surface area contributed by atoms with E-state index in [1.54, 1.807) is 0 Å². The van der Waals surface area contributed by atoms with Gasteiger partial charge in [-0.05, 0) is 84.9 Å². The smallest absolute Gasteiger partial charge is 0.310 e. The number of allylic oxidation sites excluding steroid dienone is 1. The van der Waals surface area contributed by atoms with Crippen LogP contribution in [0.25, 0.3) is 0 Å². The maximum atomic E-state index is 12.8. The predicted molar refractivity (Wildman–Crippen MR) is 135 cm³/mol. The maximum Gasteiger partial charge on any atom is 0.310 e. The summed E-state index contributed by atoms with van der Waals surface area (Å²) in [6.45, 7) is 15.5. The van der Waals surface area contributed by atoms with E-state index in [0.29, 0.717) is 31.6 Å². The number of hydrogen-bond donors (Lipinski definition) is 4. The zero-order chi connectivity index (χ0) is 26.0. The van der Waals surface area contributed by atoms with Crippen molar-refractivity contribution in [1.29, 1.82) is 0 Å². The number of carboxylic acids is 1. The molecular weight excluding hydrogens is 440 g/mol. The van der Waals surface area contributed by atoms with Crippen molar-refractivity contribution < 1.29 is 25.2 Å². The first-order valence-corrected chi connectivity index (χ1v) is 14.0. The van der Waals surface area contributed by atoms with Crippen LogP contribution in [0.4, 0.5) is 0 Å². The van der Waals surface area contributed by atoms with Gasteiger partial charge in [-0.25, -0.2) is 0 Å². The minimum absolute atomic E-state index is 0.117. The van der Waals surface area contributed by atoms with E-state index in [0.717, 1.165) is 19.3 Å². The molecule has 12 atom stereocenters. The van der Waals surface area contributed by atoms with Crippen molar-refractivity contribution in [2.75, 3.05) is 0 Å². The lowest BCUT2D eigenvalue weighted by Gasteiger charge is -2.74. The van der Waals surface area contributed by atoms with E-state index in [-0.39, 0.29) is 34.5 Å². The molecule has 5 aliphatic rings. The molecule has 0 aromatic heterocycles. The zero-order valence-corrected chi connectivity index (χ0v) is 22.8. The average molecular weight is 489 g/mol. The Morgan fingerprint density at radius 2 is 1.60 bits per heavy atom. The first-order chi connectivity index (χ1) is 16.0. The Morgan fingerprint density at radius 3 is 2.23 bits per heavy atom. The van der Waals surface area contributed by atoms with Crippen LogP contribution in [0.3, 0.4) is 0 Å². The summed E-state index contributed by atoms with van der Waals surface area (Å²) >= 11 is 0. The van der Waals surface area contributed by atoms with Crippen LogP contribution in [-0.4, -0.2) is 44.2 Å². The van der Waals surface area contributed by atoms with E-state index in [1.165, 1.54) is 0 Å². The number of carboxylic acid groups (broad SMARTS) is 1. The van der Waals surface area contributed by atoms with Crippen LogP contribution in [0.2, 0.25) is 0 Å². The predicted octanol–water partition coefficient (Wildman–Crippen LogP) is 5.03. The zero-order valence-electron chi connectivity index (χ0n) is 22.8. The van der Waals surface area contributed by atoms with Crippen molar-refractivity contribution in [2.24, 2.45) is 56.7 Å². The summed E-state index contributed by atoms with van der Waals surface area (Å²) in [6.07, 6.45) is 8.03. The normalized spacial score (nSPS) is 59.0. The first-order valence-electron chi connectivity index (χ1n) is 14.0.